The van der Waals surface area contributed by atoms with Gasteiger partial charge in [-0.3, -0.25) is 23.3 Å². The van der Waals surface area contributed by atoms with E-state index in [1.54, 1.807) is 0 Å². The van der Waals surface area contributed by atoms with Crippen LogP contribution in [-0.2, 0) is 46.3 Å². The number of aliphatic hydroxyl groups is 3. The molecule has 1 aliphatic carbocycles. The van der Waals surface area contributed by atoms with Gasteiger partial charge in [0.15, 0.2) is 6.80 Å². The Kier molecular flexibility index (Phi) is 47.3. The maximum atomic E-state index is 13.1. The van der Waals surface area contributed by atoms with Crippen LogP contribution in [0, 0.1) is 0 Å². The molecule has 374 valence electrons. The third kappa shape index (κ3) is 38.2. The fourth-order valence-corrected chi connectivity index (χ4v) is 11.1. The van der Waals surface area contributed by atoms with Crippen LogP contribution < -0.4 is 103 Å². The minimum Gasteiger partial charge on any atom is -0.770 e. The van der Waals surface area contributed by atoms with Gasteiger partial charge in [-0.05, 0) is 12.8 Å². The van der Waals surface area contributed by atoms with Crippen molar-refractivity contribution in [3.63, 3.8) is 0 Å². The average molecular weight is 1050 g/mol. The number of phosphoric ester groups is 2. The number of phosphoric acid groups is 2. The molecule has 5 N–H and O–H groups in total. The molecule has 0 aromatic rings. The summed E-state index contributed by atoms with van der Waals surface area (Å²) < 4.78 is 60.1. The summed E-state index contributed by atoms with van der Waals surface area (Å²) in [5, 5.41) is 31.7. The van der Waals surface area contributed by atoms with Crippen molar-refractivity contribution in [1.29, 1.82) is 0 Å². The molecular weight excluding hydrogens is 974 g/mol. The molecule has 1 saturated carbocycles. The van der Waals surface area contributed by atoms with E-state index in [1.165, 1.54) is 103 Å². The minimum absolute atomic E-state index is 0. The summed E-state index contributed by atoms with van der Waals surface area (Å²) in [6.07, 6.45) is 12.7. The van der Waals surface area contributed by atoms with Crippen LogP contribution in [0.3, 0.4) is 0 Å². The molecule has 1 fully saturated rings. The topological polar surface area (TPSA) is 302 Å². The second-order valence-electron chi connectivity index (χ2n) is 16.6. The van der Waals surface area contributed by atoms with Gasteiger partial charge in [0, 0.05) is 18.6 Å². The summed E-state index contributed by atoms with van der Waals surface area (Å²) in [6.45, 7) is -1.40. The first-order valence-electron chi connectivity index (χ1n) is 23.3. The number of rotatable bonds is 40. The molecule has 1 aliphatic rings. The van der Waals surface area contributed by atoms with Gasteiger partial charge in [0.05, 0.1) is 0 Å². The fourth-order valence-electron chi connectivity index (χ4n) is 7.39. The smallest absolute Gasteiger partial charge is 0.770 e. The Labute approximate surface area is 464 Å². The first-order valence-corrected chi connectivity index (χ1v) is 29.4. The quantitative estimate of drug-likeness (QED) is 0.0188. The standard InChI is InChI=1S/C41H81O18P3S.3Na/c1-3-5-7-9-11-13-15-17-19-21-23-25-27-29-34(42)55-31-33(56-35(43)30-28-26-24-22-20-18-16-14-12-10-8-6-4-2)32-63-62(53,54)59-39-36(44)37(45)40(57-60(47,48)49)41(38(39)46)58-61(50,51)52;;;/h33,36-41,44-46H,3-32H2,1-2H3,(H,53,54)(H2,47,48,49)(H2,50,51,52);;;/q;3*+1/p-3/t33?,36-,37-,38+,39+,40+,41+;;;/m1.../s1. The van der Waals surface area contributed by atoms with Gasteiger partial charge in [0.25, 0.3) is 15.6 Å². The Bertz CT molecular complexity index is 1370. The van der Waals surface area contributed by atoms with Crippen molar-refractivity contribution < 1.29 is 175 Å². The van der Waals surface area contributed by atoms with Gasteiger partial charge in [-0.25, -0.2) is 0 Å². The van der Waals surface area contributed by atoms with Crippen LogP contribution in [0.1, 0.15) is 194 Å². The maximum Gasteiger partial charge on any atom is 1.00 e. The van der Waals surface area contributed by atoms with Gasteiger partial charge in [0.2, 0.25) is 0 Å². The monoisotopic (exact) mass is 1050 g/mol. The second kappa shape index (κ2) is 42.8. The van der Waals surface area contributed by atoms with E-state index in [4.69, 9.17) is 18.9 Å². The molecule has 10 atom stereocenters. The van der Waals surface area contributed by atoms with Crippen LogP contribution in [-0.4, -0.2) is 92.1 Å². The molecule has 0 aliphatic heterocycles. The first kappa shape index (κ1) is 72.8. The van der Waals surface area contributed by atoms with Crippen LogP contribution in [0.5, 0.6) is 0 Å². The number of aliphatic hydroxyl groups excluding tert-OH is 3. The Morgan fingerprint density at radius 1 is 0.500 bits per heavy atom. The van der Waals surface area contributed by atoms with Crippen LogP contribution >= 0.6 is 33.8 Å². The number of hydrogen-bond acceptors (Lipinski definition) is 17. The van der Waals surface area contributed by atoms with Crippen LogP contribution in [0.15, 0.2) is 0 Å². The SMILES string of the molecule is CCCCCCCCCCCCCCCC(=O)OCC(CSP(=O)([O-])O[C@H]1[C@H](O)[C@@H](O)[C@H](OP(=O)([O-])O)[C@@H](OP(=O)([O-])O)[C@H]1O)OC(=O)CCCCCCCCCCCCCCC.[Na+].[Na+].[Na+]. The van der Waals surface area contributed by atoms with Crippen molar-refractivity contribution in [2.75, 3.05) is 12.4 Å². The van der Waals surface area contributed by atoms with Crippen molar-refractivity contribution in [3.05, 3.63) is 0 Å². The molecule has 0 bridgehead atoms. The summed E-state index contributed by atoms with van der Waals surface area (Å²) >= 11 is 0.0230. The average Bonchev–Trinajstić information content (AvgIpc) is 3.20. The molecular formula is C41H78Na3O18P3S. The number of unbranched alkanes of at least 4 members (excludes halogenated alkanes) is 24. The molecule has 25 heteroatoms. The molecule has 66 heavy (non-hydrogen) atoms. The van der Waals surface area contributed by atoms with Crippen LogP contribution in [0.25, 0.3) is 0 Å². The van der Waals surface area contributed by atoms with Crippen molar-refractivity contribution in [3.8, 4) is 0 Å². The largest absolute Gasteiger partial charge is 1.00 e. The number of ether oxygens (including phenoxy) is 2. The van der Waals surface area contributed by atoms with E-state index >= 15 is 0 Å². The minimum atomic E-state index is -5.85. The van der Waals surface area contributed by atoms with Crippen LogP contribution in [0.4, 0.5) is 0 Å². The van der Waals surface area contributed by atoms with Crippen molar-refractivity contribution >= 4 is 45.8 Å². The molecule has 0 spiro atoms. The Morgan fingerprint density at radius 2 is 0.818 bits per heavy atom. The number of carbonyl (C=O) groups excluding carboxylic acids is 2. The fraction of sp³-hybridized carbons (Fsp3) is 0.951. The van der Waals surface area contributed by atoms with Gasteiger partial charge in [-0.1, -0.05) is 179 Å². The predicted molar refractivity (Wildman–Crippen MR) is 234 cm³/mol. The molecule has 0 saturated heterocycles. The van der Waals surface area contributed by atoms with Gasteiger partial charge in [-0.15, -0.1) is 0 Å². The first-order chi connectivity index (χ1) is 29.8. The van der Waals surface area contributed by atoms with Crippen LogP contribution in [0.2, 0.25) is 0 Å². The van der Waals surface area contributed by atoms with E-state index in [0.29, 0.717) is 12.8 Å². The zero-order valence-corrected chi connectivity index (χ0v) is 50.0. The van der Waals surface area contributed by atoms with E-state index < -0.39 is 89.5 Å². The number of carbonyl (C=O) groups is 2. The molecule has 0 amide bonds. The molecule has 4 unspecified atom stereocenters. The molecule has 0 aromatic carbocycles. The normalized spacial score (nSPS) is 22.6. The Morgan fingerprint density at radius 3 is 1.18 bits per heavy atom. The molecule has 0 heterocycles. The number of esters is 2. The second-order valence-corrected chi connectivity index (χ2v) is 22.8. The predicted octanol–water partition coefficient (Wildman–Crippen LogP) is -2.21. The zero-order valence-electron chi connectivity index (χ0n) is 40.5. The third-order valence-corrected chi connectivity index (χ3v) is 14.9. The zero-order chi connectivity index (χ0) is 47.2. The number of hydrogen-bond donors (Lipinski definition) is 5. The van der Waals surface area contributed by atoms with Gasteiger partial charge in [0.1, 0.15) is 49.3 Å². The summed E-state index contributed by atoms with van der Waals surface area (Å²) in [5.41, 5.74) is 0. The Balaban J connectivity index is -0.0000132. The van der Waals surface area contributed by atoms with Gasteiger partial charge < -0.3 is 62.8 Å². The van der Waals surface area contributed by atoms with E-state index in [1.807, 2.05) is 0 Å². The van der Waals surface area contributed by atoms with E-state index in [9.17, 15) is 58.2 Å². The molecule has 1 rings (SSSR count). The van der Waals surface area contributed by atoms with E-state index in [-0.39, 0.29) is 113 Å². The van der Waals surface area contributed by atoms with Gasteiger partial charge in [-0.2, -0.15) is 0 Å². The van der Waals surface area contributed by atoms with E-state index in [0.717, 1.165) is 51.4 Å². The summed E-state index contributed by atoms with van der Waals surface area (Å²) in [5.74, 6) is -1.80. The van der Waals surface area contributed by atoms with Crippen molar-refractivity contribution in [2.24, 2.45) is 0 Å². The summed E-state index contributed by atoms with van der Waals surface area (Å²) in [4.78, 5) is 79.7. The van der Waals surface area contributed by atoms with Gasteiger partial charge >= 0.3 is 101 Å². The summed E-state index contributed by atoms with van der Waals surface area (Å²) in [6, 6.07) is 0. The maximum absolute atomic E-state index is 13.1. The Hall–Kier alpha value is 2.54. The molecule has 18 nitrogen and oxygen atoms in total. The van der Waals surface area contributed by atoms with Crippen molar-refractivity contribution in [1.82, 2.24) is 0 Å². The third-order valence-electron chi connectivity index (χ3n) is 10.9. The van der Waals surface area contributed by atoms with E-state index in [2.05, 4.69) is 22.9 Å². The van der Waals surface area contributed by atoms with Crippen molar-refractivity contribution in [2.45, 2.75) is 236 Å². The summed E-state index contributed by atoms with van der Waals surface area (Å²) in [7, 11) is -11.7. The molecule has 0 aromatic heterocycles. The molecule has 0 radical (unpaired) electrons.